The van der Waals surface area contributed by atoms with Crippen LogP contribution in [0.4, 0.5) is 9.52 Å². The molecule has 0 amide bonds. The van der Waals surface area contributed by atoms with E-state index in [0.29, 0.717) is 10.6 Å². The van der Waals surface area contributed by atoms with Gasteiger partial charge < -0.3 is 0 Å². The molecule has 4 rings (SSSR count). The molecule has 0 saturated carbocycles. The van der Waals surface area contributed by atoms with E-state index in [1.807, 2.05) is 13.0 Å². The van der Waals surface area contributed by atoms with Crippen molar-refractivity contribution in [2.24, 2.45) is 0 Å². The van der Waals surface area contributed by atoms with Crippen LogP contribution in [0.15, 0.2) is 41.6 Å². The highest BCUT2D eigenvalue weighted by molar-refractivity contribution is 7.93. The highest BCUT2D eigenvalue weighted by Gasteiger charge is 2.23. The number of hydrogen-bond donors (Lipinski definition) is 1. The maximum Gasteiger partial charge on any atom is 0.266 e. The third-order valence-electron chi connectivity index (χ3n) is 4.19. The maximum atomic E-state index is 14.7. The normalized spacial score (nSPS) is 11.9. The Hall–Kier alpha value is -2.27. The summed E-state index contributed by atoms with van der Waals surface area (Å²) in [5, 5.41) is 6.03. The first kappa shape index (κ1) is 20.0. The van der Waals surface area contributed by atoms with Crippen molar-refractivity contribution in [1.82, 2.24) is 19.1 Å². The Morgan fingerprint density at radius 2 is 2.03 bits per heavy atom. The topological polar surface area (TPSA) is 89.8 Å². The van der Waals surface area contributed by atoms with Crippen molar-refractivity contribution >= 4 is 60.8 Å². The van der Waals surface area contributed by atoms with E-state index in [1.165, 1.54) is 6.33 Å². The summed E-state index contributed by atoms with van der Waals surface area (Å²) < 4.78 is 47.1. The van der Waals surface area contributed by atoms with Crippen molar-refractivity contribution in [2.45, 2.75) is 18.4 Å². The van der Waals surface area contributed by atoms with Crippen LogP contribution in [0, 0.1) is 12.7 Å². The number of fused-ring (bicyclic) bond motifs is 1. The first-order valence-electron chi connectivity index (χ1n) is 8.14. The third kappa shape index (κ3) is 3.93. The average molecular weight is 472 g/mol. The number of nitrogens with zero attached hydrogens (tertiary/aromatic N) is 4. The van der Waals surface area contributed by atoms with Gasteiger partial charge in [-0.1, -0.05) is 23.2 Å². The summed E-state index contributed by atoms with van der Waals surface area (Å²) in [6.07, 6.45) is 1.19. The molecule has 2 aromatic heterocycles. The van der Waals surface area contributed by atoms with E-state index in [2.05, 4.69) is 19.2 Å². The molecule has 150 valence electrons. The minimum Gasteiger partial charge on any atom is -0.260 e. The van der Waals surface area contributed by atoms with Crippen LogP contribution in [0.1, 0.15) is 11.3 Å². The van der Waals surface area contributed by atoms with Crippen LogP contribution in [-0.2, 0) is 16.6 Å². The van der Waals surface area contributed by atoms with Crippen molar-refractivity contribution < 1.29 is 12.8 Å². The number of aryl methyl sites for hydroxylation is 1. The molecule has 0 radical (unpaired) electrons. The summed E-state index contributed by atoms with van der Waals surface area (Å²) >= 11 is 13.2. The SMILES string of the molecule is Cc1nn(Cc2cc(F)c(S(=O)(=O)Nc3ncns3)cc2Cl)c2ccc(Cl)cc12. The predicted octanol–water partition coefficient (Wildman–Crippen LogP) is 4.49. The lowest BCUT2D eigenvalue weighted by Crippen LogP contribution is -2.15. The van der Waals surface area contributed by atoms with Gasteiger partial charge in [0.2, 0.25) is 5.13 Å². The Labute approximate surface area is 179 Å². The number of nitrogens with one attached hydrogen (secondary N) is 1. The van der Waals surface area contributed by atoms with Crippen molar-refractivity contribution in [3.63, 3.8) is 0 Å². The predicted molar refractivity (Wildman–Crippen MR) is 111 cm³/mol. The molecule has 1 N–H and O–H groups in total. The summed E-state index contributed by atoms with van der Waals surface area (Å²) in [7, 11) is -4.20. The highest BCUT2D eigenvalue weighted by Crippen LogP contribution is 2.28. The molecule has 0 saturated heterocycles. The van der Waals surface area contributed by atoms with E-state index >= 15 is 0 Å². The minimum atomic E-state index is -4.20. The van der Waals surface area contributed by atoms with Gasteiger partial charge in [-0.25, -0.2) is 17.8 Å². The lowest BCUT2D eigenvalue weighted by Gasteiger charge is -2.11. The highest BCUT2D eigenvalue weighted by atomic mass is 35.5. The molecule has 0 aliphatic carbocycles. The van der Waals surface area contributed by atoms with Crippen LogP contribution in [0.5, 0.6) is 0 Å². The number of aromatic nitrogens is 4. The number of sulfonamides is 1. The molecule has 0 aliphatic heterocycles. The Bertz CT molecular complexity index is 1320. The molecule has 29 heavy (non-hydrogen) atoms. The fourth-order valence-electron chi connectivity index (χ4n) is 2.88. The summed E-state index contributed by atoms with van der Waals surface area (Å²) in [5.74, 6) is -0.933. The Morgan fingerprint density at radius 1 is 1.24 bits per heavy atom. The van der Waals surface area contributed by atoms with Crippen LogP contribution in [0.3, 0.4) is 0 Å². The molecule has 4 aromatic rings. The lowest BCUT2D eigenvalue weighted by atomic mass is 10.2. The molecular weight excluding hydrogens is 460 g/mol. The monoisotopic (exact) mass is 471 g/mol. The zero-order valence-corrected chi connectivity index (χ0v) is 17.9. The molecule has 0 spiro atoms. The van der Waals surface area contributed by atoms with Gasteiger partial charge in [0.15, 0.2) is 0 Å². The second-order valence-electron chi connectivity index (χ2n) is 6.13. The first-order chi connectivity index (χ1) is 13.7. The summed E-state index contributed by atoms with van der Waals surface area (Å²) in [5.41, 5.74) is 1.95. The van der Waals surface area contributed by atoms with E-state index in [-0.39, 0.29) is 16.7 Å². The van der Waals surface area contributed by atoms with E-state index in [4.69, 9.17) is 23.2 Å². The van der Waals surface area contributed by atoms with Crippen LogP contribution in [-0.4, -0.2) is 27.6 Å². The van der Waals surface area contributed by atoms with E-state index in [1.54, 1.807) is 16.8 Å². The van der Waals surface area contributed by atoms with Gasteiger partial charge in [-0.15, -0.1) is 0 Å². The Morgan fingerprint density at radius 3 is 2.76 bits per heavy atom. The van der Waals surface area contributed by atoms with Gasteiger partial charge >= 0.3 is 0 Å². The molecule has 0 unspecified atom stereocenters. The quantitative estimate of drug-likeness (QED) is 0.462. The van der Waals surface area contributed by atoms with Gasteiger partial charge in [0.25, 0.3) is 10.0 Å². The fourth-order valence-corrected chi connectivity index (χ4v) is 5.09. The van der Waals surface area contributed by atoms with Crippen LogP contribution >= 0.6 is 34.7 Å². The van der Waals surface area contributed by atoms with Gasteiger partial charge in [0.05, 0.1) is 17.8 Å². The molecule has 12 heteroatoms. The number of halogens is 3. The summed E-state index contributed by atoms with van der Waals surface area (Å²) in [6.45, 7) is 2.00. The molecule has 7 nitrogen and oxygen atoms in total. The number of anilines is 1. The summed E-state index contributed by atoms with van der Waals surface area (Å²) in [6, 6.07) is 7.51. The van der Waals surface area contributed by atoms with Gasteiger partial charge in [-0.3, -0.25) is 9.40 Å². The smallest absolute Gasteiger partial charge is 0.260 e. The second kappa shape index (κ2) is 7.52. The van der Waals surface area contributed by atoms with E-state index in [9.17, 15) is 12.8 Å². The zero-order valence-electron chi connectivity index (χ0n) is 14.7. The van der Waals surface area contributed by atoms with Gasteiger partial charge in [0, 0.05) is 27.0 Å². The van der Waals surface area contributed by atoms with Crippen molar-refractivity contribution in [1.29, 1.82) is 0 Å². The first-order valence-corrected chi connectivity index (χ1v) is 11.2. The number of hydrogen-bond acceptors (Lipinski definition) is 6. The molecular formula is C17H12Cl2FN5O2S2. The molecule has 0 bridgehead atoms. The van der Waals surface area contributed by atoms with Crippen LogP contribution in [0.2, 0.25) is 10.0 Å². The van der Waals surface area contributed by atoms with E-state index in [0.717, 1.165) is 40.3 Å². The van der Waals surface area contributed by atoms with Gasteiger partial charge in [0.1, 0.15) is 17.0 Å². The fraction of sp³-hybridized carbons (Fsp3) is 0.118. The van der Waals surface area contributed by atoms with Crippen molar-refractivity contribution in [2.75, 3.05) is 4.72 Å². The largest absolute Gasteiger partial charge is 0.266 e. The van der Waals surface area contributed by atoms with Gasteiger partial charge in [-0.05, 0) is 42.8 Å². The van der Waals surface area contributed by atoms with Crippen molar-refractivity contribution in [3.8, 4) is 0 Å². The minimum absolute atomic E-state index is 0.0294. The standard InChI is InChI=1S/C17H12Cl2FN5O2S2/c1-9-12-5-11(18)2-3-15(12)25(23-9)7-10-4-14(20)16(6-13(10)19)29(26,27)24-17-21-8-22-28-17/h2-6,8H,7H2,1H3,(H,21,22,24). The lowest BCUT2D eigenvalue weighted by molar-refractivity contribution is 0.567. The van der Waals surface area contributed by atoms with Gasteiger partial charge in [-0.2, -0.15) is 9.47 Å². The van der Waals surface area contributed by atoms with Crippen LogP contribution < -0.4 is 4.72 Å². The molecule has 0 aliphatic rings. The maximum absolute atomic E-state index is 14.7. The summed E-state index contributed by atoms with van der Waals surface area (Å²) in [4.78, 5) is 3.16. The molecule has 2 aromatic carbocycles. The number of rotatable bonds is 5. The third-order valence-corrected chi connectivity index (χ3v) is 6.84. The van der Waals surface area contributed by atoms with Crippen molar-refractivity contribution in [3.05, 3.63) is 63.8 Å². The van der Waals surface area contributed by atoms with E-state index < -0.39 is 20.7 Å². The molecule has 0 atom stereocenters. The Balaban J connectivity index is 1.70. The Kier molecular flexibility index (Phi) is 5.19. The molecule has 0 fully saturated rings. The molecule has 2 heterocycles. The average Bonchev–Trinajstić information content (AvgIpc) is 3.25. The van der Waals surface area contributed by atoms with Crippen LogP contribution in [0.25, 0.3) is 10.9 Å². The second-order valence-corrected chi connectivity index (χ2v) is 9.41. The number of benzene rings is 2. The zero-order chi connectivity index (χ0) is 20.8.